The SMILES string of the molecule is COC(=O)NC(=O)COc1cc(C)ccc1C(=O)O. The van der Waals surface area contributed by atoms with Crippen LogP contribution in [0.15, 0.2) is 18.2 Å². The lowest BCUT2D eigenvalue weighted by atomic mass is 10.1. The molecule has 1 aromatic carbocycles. The van der Waals surface area contributed by atoms with Gasteiger partial charge >= 0.3 is 12.1 Å². The average molecular weight is 267 g/mol. The van der Waals surface area contributed by atoms with E-state index >= 15 is 0 Å². The van der Waals surface area contributed by atoms with Gasteiger partial charge in [0.1, 0.15) is 11.3 Å². The summed E-state index contributed by atoms with van der Waals surface area (Å²) in [5.74, 6) is -1.83. The minimum Gasteiger partial charge on any atom is -0.483 e. The fourth-order valence-electron chi connectivity index (χ4n) is 1.27. The minimum absolute atomic E-state index is 0.0588. The highest BCUT2D eigenvalue weighted by atomic mass is 16.5. The highest BCUT2D eigenvalue weighted by molar-refractivity contribution is 5.93. The van der Waals surface area contributed by atoms with Crippen LogP contribution in [0, 0.1) is 6.92 Å². The molecule has 19 heavy (non-hydrogen) atoms. The van der Waals surface area contributed by atoms with Crippen molar-refractivity contribution in [3.63, 3.8) is 0 Å². The molecule has 0 aliphatic carbocycles. The third kappa shape index (κ3) is 4.30. The van der Waals surface area contributed by atoms with Gasteiger partial charge in [0, 0.05) is 0 Å². The maximum absolute atomic E-state index is 11.3. The van der Waals surface area contributed by atoms with E-state index in [0.717, 1.165) is 12.7 Å². The van der Waals surface area contributed by atoms with Gasteiger partial charge in [-0.15, -0.1) is 0 Å². The van der Waals surface area contributed by atoms with Crippen molar-refractivity contribution < 1.29 is 29.0 Å². The van der Waals surface area contributed by atoms with Crippen LogP contribution in [0.5, 0.6) is 5.75 Å². The molecule has 0 unspecified atom stereocenters. The summed E-state index contributed by atoms with van der Waals surface area (Å²) in [6.45, 7) is 1.27. The van der Waals surface area contributed by atoms with E-state index in [1.54, 1.807) is 13.0 Å². The van der Waals surface area contributed by atoms with E-state index in [2.05, 4.69) is 4.74 Å². The number of aryl methyl sites for hydroxylation is 1. The lowest BCUT2D eigenvalue weighted by molar-refractivity contribution is -0.122. The molecule has 0 saturated carbocycles. The van der Waals surface area contributed by atoms with Crippen LogP contribution < -0.4 is 10.1 Å². The monoisotopic (exact) mass is 267 g/mol. The molecule has 0 heterocycles. The number of carbonyl (C=O) groups is 3. The van der Waals surface area contributed by atoms with Crippen LogP contribution in [0.1, 0.15) is 15.9 Å². The zero-order valence-corrected chi connectivity index (χ0v) is 10.4. The van der Waals surface area contributed by atoms with Crippen molar-refractivity contribution in [2.24, 2.45) is 0 Å². The average Bonchev–Trinajstić information content (AvgIpc) is 2.35. The predicted molar refractivity (Wildman–Crippen MR) is 64.2 cm³/mol. The van der Waals surface area contributed by atoms with Gasteiger partial charge in [-0.05, 0) is 24.6 Å². The molecule has 0 saturated heterocycles. The number of hydrogen-bond acceptors (Lipinski definition) is 5. The first-order valence-corrected chi connectivity index (χ1v) is 5.28. The molecule has 102 valence electrons. The van der Waals surface area contributed by atoms with Gasteiger partial charge in [-0.2, -0.15) is 0 Å². The summed E-state index contributed by atoms with van der Waals surface area (Å²) >= 11 is 0. The zero-order chi connectivity index (χ0) is 14.4. The summed E-state index contributed by atoms with van der Waals surface area (Å²) in [4.78, 5) is 33.0. The van der Waals surface area contributed by atoms with Gasteiger partial charge in [-0.3, -0.25) is 10.1 Å². The van der Waals surface area contributed by atoms with Crippen molar-refractivity contribution in [3.05, 3.63) is 29.3 Å². The van der Waals surface area contributed by atoms with Crippen molar-refractivity contribution in [2.45, 2.75) is 6.92 Å². The molecule has 0 spiro atoms. The maximum Gasteiger partial charge on any atom is 0.413 e. The van der Waals surface area contributed by atoms with Gasteiger partial charge in [-0.25, -0.2) is 9.59 Å². The molecule has 0 bridgehead atoms. The van der Waals surface area contributed by atoms with Gasteiger partial charge in [-0.1, -0.05) is 6.07 Å². The largest absolute Gasteiger partial charge is 0.483 e. The molecule has 0 atom stereocenters. The summed E-state index contributed by atoms with van der Waals surface area (Å²) in [6.07, 6.45) is -0.906. The number of ether oxygens (including phenoxy) is 2. The molecular formula is C12H13NO6. The Labute approximate surface area is 109 Å². The Kier molecular flexibility index (Phi) is 4.87. The van der Waals surface area contributed by atoms with E-state index in [4.69, 9.17) is 9.84 Å². The van der Waals surface area contributed by atoms with Gasteiger partial charge in [0.2, 0.25) is 0 Å². The Morgan fingerprint density at radius 3 is 2.58 bits per heavy atom. The lowest BCUT2D eigenvalue weighted by Gasteiger charge is -2.09. The topological polar surface area (TPSA) is 102 Å². The molecular weight excluding hydrogens is 254 g/mol. The number of amides is 2. The summed E-state index contributed by atoms with van der Waals surface area (Å²) in [5, 5.41) is 10.8. The van der Waals surface area contributed by atoms with Gasteiger partial charge in [0.05, 0.1) is 7.11 Å². The van der Waals surface area contributed by atoms with Crippen LogP contribution in [-0.4, -0.2) is 36.8 Å². The number of benzene rings is 1. The van der Waals surface area contributed by atoms with Gasteiger partial charge in [0.15, 0.2) is 6.61 Å². The van der Waals surface area contributed by atoms with E-state index in [-0.39, 0.29) is 11.3 Å². The lowest BCUT2D eigenvalue weighted by Crippen LogP contribution is -2.34. The third-order valence-corrected chi connectivity index (χ3v) is 2.15. The molecule has 1 rings (SSSR count). The van der Waals surface area contributed by atoms with Crippen molar-refractivity contribution >= 4 is 18.0 Å². The van der Waals surface area contributed by atoms with E-state index in [9.17, 15) is 14.4 Å². The Hall–Kier alpha value is -2.57. The summed E-state index contributed by atoms with van der Waals surface area (Å²) in [5.41, 5.74) is 0.727. The smallest absolute Gasteiger partial charge is 0.413 e. The molecule has 0 aromatic heterocycles. The quantitative estimate of drug-likeness (QED) is 0.842. The molecule has 2 amide bonds. The zero-order valence-electron chi connectivity index (χ0n) is 10.4. The number of rotatable bonds is 4. The molecule has 1 aromatic rings. The Bertz CT molecular complexity index is 511. The first kappa shape index (κ1) is 14.5. The van der Waals surface area contributed by atoms with Gasteiger partial charge in [0.25, 0.3) is 5.91 Å². The normalized spacial score (nSPS) is 9.58. The first-order valence-electron chi connectivity index (χ1n) is 5.28. The van der Waals surface area contributed by atoms with Crippen LogP contribution in [0.2, 0.25) is 0 Å². The summed E-state index contributed by atoms with van der Waals surface area (Å²) in [6, 6.07) is 4.49. The Morgan fingerprint density at radius 2 is 2.00 bits per heavy atom. The number of alkyl carbamates (subject to hydrolysis) is 1. The second-order valence-electron chi connectivity index (χ2n) is 3.63. The van der Waals surface area contributed by atoms with E-state index in [1.165, 1.54) is 12.1 Å². The van der Waals surface area contributed by atoms with Crippen molar-refractivity contribution in [2.75, 3.05) is 13.7 Å². The number of carboxylic acids is 1. The predicted octanol–water partition coefficient (Wildman–Crippen LogP) is 0.955. The number of hydrogen-bond donors (Lipinski definition) is 2. The Morgan fingerprint density at radius 1 is 1.32 bits per heavy atom. The second-order valence-corrected chi connectivity index (χ2v) is 3.63. The summed E-state index contributed by atoms with van der Waals surface area (Å²) < 4.78 is 9.32. The number of carbonyl (C=O) groups excluding carboxylic acids is 2. The molecule has 7 heteroatoms. The molecule has 0 aliphatic heterocycles. The fraction of sp³-hybridized carbons (Fsp3) is 0.250. The van der Waals surface area contributed by atoms with Crippen LogP contribution in [0.3, 0.4) is 0 Å². The standard InChI is InChI=1S/C12H13NO6/c1-7-3-4-8(11(15)16)9(5-7)19-6-10(14)13-12(17)18-2/h3-5H,6H2,1-2H3,(H,15,16)(H,13,14,17). The summed E-state index contributed by atoms with van der Waals surface area (Å²) in [7, 11) is 1.12. The van der Waals surface area contributed by atoms with Gasteiger partial charge < -0.3 is 14.6 Å². The molecule has 7 nitrogen and oxygen atoms in total. The van der Waals surface area contributed by atoms with E-state index in [1.807, 2.05) is 5.32 Å². The fourth-order valence-corrected chi connectivity index (χ4v) is 1.27. The van der Waals surface area contributed by atoms with Crippen LogP contribution in [-0.2, 0) is 9.53 Å². The second kappa shape index (κ2) is 6.39. The molecule has 2 N–H and O–H groups in total. The minimum atomic E-state index is -1.16. The van der Waals surface area contributed by atoms with Crippen LogP contribution in [0.25, 0.3) is 0 Å². The Balaban J connectivity index is 2.72. The number of imide groups is 1. The molecule has 0 radical (unpaired) electrons. The van der Waals surface area contributed by atoms with E-state index < -0.39 is 24.6 Å². The third-order valence-electron chi connectivity index (χ3n) is 2.15. The first-order chi connectivity index (χ1) is 8.93. The number of aromatic carboxylic acids is 1. The van der Waals surface area contributed by atoms with Crippen molar-refractivity contribution in [3.8, 4) is 5.75 Å². The molecule has 0 aliphatic rings. The van der Waals surface area contributed by atoms with Crippen LogP contribution in [0.4, 0.5) is 4.79 Å². The van der Waals surface area contributed by atoms with E-state index in [0.29, 0.717) is 0 Å². The van der Waals surface area contributed by atoms with Crippen LogP contribution >= 0.6 is 0 Å². The number of carboxylic acid groups (broad SMARTS) is 1. The van der Waals surface area contributed by atoms with Crippen molar-refractivity contribution in [1.29, 1.82) is 0 Å². The highest BCUT2D eigenvalue weighted by Crippen LogP contribution is 2.20. The highest BCUT2D eigenvalue weighted by Gasteiger charge is 2.14. The molecule has 0 fully saturated rings. The number of methoxy groups -OCH3 is 1. The van der Waals surface area contributed by atoms with Crippen molar-refractivity contribution in [1.82, 2.24) is 5.32 Å². The number of nitrogens with one attached hydrogen (secondary N) is 1. The maximum atomic E-state index is 11.3.